The average Bonchev–Trinajstić information content (AvgIpc) is 2.42. The van der Waals surface area contributed by atoms with E-state index in [2.05, 4.69) is 0 Å². The number of anilines is 1. The minimum atomic E-state index is -4.82. The van der Waals surface area contributed by atoms with Crippen molar-refractivity contribution in [3.05, 3.63) is 57.1 Å². The van der Waals surface area contributed by atoms with Crippen LogP contribution in [0.15, 0.2) is 36.4 Å². The molecule has 0 saturated carbocycles. The Morgan fingerprint density at radius 3 is 2.41 bits per heavy atom. The van der Waals surface area contributed by atoms with E-state index in [1.807, 2.05) is 0 Å². The molecule has 0 bridgehead atoms. The summed E-state index contributed by atoms with van der Waals surface area (Å²) in [6.45, 7) is 0. The lowest BCUT2D eigenvalue weighted by atomic mass is 10.1. The number of hydrogen-bond acceptors (Lipinski definition) is 4. The lowest BCUT2D eigenvalue weighted by molar-refractivity contribution is -0.385. The highest BCUT2D eigenvalue weighted by Gasteiger charge is 2.36. The highest BCUT2D eigenvalue weighted by molar-refractivity contribution is 6.30. The first-order valence-corrected chi connectivity index (χ1v) is 6.15. The van der Waals surface area contributed by atoms with Gasteiger partial charge in [0.15, 0.2) is 5.75 Å². The van der Waals surface area contributed by atoms with E-state index in [0.29, 0.717) is 6.07 Å². The molecule has 0 aliphatic carbocycles. The monoisotopic (exact) mass is 332 g/mol. The van der Waals surface area contributed by atoms with Crippen molar-refractivity contribution in [2.75, 3.05) is 5.73 Å². The summed E-state index contributed by atoms with van der Waals surface area (Å²) in [5.74, 6) is -0.682. The van der Waals surface area contributed by atoms with Crippen molar-refractivity contribution in [2.24, 2.45) is 0 Å². The number of halogens is 4. The largest absolute Gasteiger partial charge is 0.455 e. The first kappa shape index (κ1) is 15.9. The summed E-state index contributed by atoms with van der Waals surface area (Å²) in [6, 6.07) is 6.24. The molecule has 2 aromatic rings. The van der Waals surface area contributed by atoms with Crippen LogP contribution in [0.1, 0.15) is 5.56 Å². The molecule has 116 valence electrons. The molecule has 2 N–H and O–H groups in total. The van der Waals surface area contributed by atoms with Gasteiger partial charge in [0.1, 0.15) is 11.3 Å². The number of nitrogens with two attached hydrogens (primary N) is 1. The molecule has 0 unspecified atom stereocenters. The fourth-order valence-corrected chi connectivity index (χ4v) is 1.82. The third-order valence-corrected chi connectivity index (χ3v) is 2.91. The summed E-state index contributed by atoms with van der Waals surface area (Å²) in [4.78, 5) is 9.68. The topological polar surface area (TPSA) is 78.4 Å². The van der Waals surface area contributed by atoms with Gasteiger partial charge in [0.25, 0.3) is 5.69 Å². The fourth-order valence-electron chi connectivity index (χ4n) is 1.66. The zero-order valence-electron chi connectivity index (χ0n) is 10.7. The zero-order chi connectivity index (χ0) is 16.5. The number of ether oxygens (including phenoxy) is 1. The number of nitrogens with zero attached hydrogens (tertiary/aromatic N) is 1. The first-order valence-electron chi connectivity index (χ1n) is 5.77. The molecule has 2 rings (SSSR count). The van der Waals surface area contributed by atoms with Gasteiger partial charge in [-0.05, 0) is 18.2 Å². The predicted molar refractivity (Wildman–Crippen MR) is 74.0 cm³/mol. The molecule has 0 atom stereocenters. The number of alkyl halides is 3. The van der Waals surface area contributed by atoms with Gasteiger partial charge in [-0.15, -0.1) is 0 Å². The van der Waals surface area contributed by atoms with Crippen LogP contribution in [-0.4, -0.2) is 4.92 Å². The van der Waals surface area contributed by atoms with E-state index in [9.17, 15) is 23.3 Å². The number of hydrogen-bond donors (Lipinski definition) is 1. The standard InChI is InChI=1S/C13H8ClF3N2O3/c14-7-1-3-10(18)12(5-7)22-11-4-2-8(19(20)21)6-9(11)13(15,16)17/h1-6H,18H2. The van der Waals surface area contributed by atoms with Gasteiger partial charge in [0.05, 0.1) is 10.6 Å². The Labute approximate surface area is 127 Å². The van der Waals surface area contributed by atoms with Gasteiger partial charge in [-0.2, -0.15) is 13.2 Å². The van der Waals surface area contributed by atoms with Crippen molar-refractivity contribution >= 4 is 23.0 Å². The molecule has 0 heterocycles. The Morgan fingerprint density at radius 1 is 1.14 bits per heavy atom. The maximum Gasteiger partial charge on any atom is 0.420 e. The Morgan fingerprint density at radius 2 is 1.82 bits per heavy atom. The first-order chi connectivity index (χ1) is 10.2. The summed E-state index contributed by atoms with van der Waals surface area (Å²) in [5.41, 5.74) is 3.71. The van der Waals surface area contributed by atoms with Crippen molar-refractivity contribution in [1.82, 2.24) is 0 Å². The Hall–Kier alpha value is -2.48. The molecule has 0 radical (unpaired) electrons. The highest BCUT2D eigenvalue weighted by atomic mass is 35.5. The molecule has 0 fully saturated rings. The summed E-state index contributed by atoms with van der Waals surface area (Å²) in [7, 11) is 0. The van der Waals surface area contributed by atoms with Crippen LogP contribution in [0.4, 0.5) is 24.5 Å². The summed E-state index contributed by atoms with van der Waals surface area (Å²) < 4.78 is 44.2. The van der Waals surface area contributed by atoms with E-state index in [0.717, 1.165) is 12.1 Å². The molecule has 9 heteroatoms. The van der Waals surface area contributed by atoms with Gasteiger partial charge in [-0.1, -0.05) is 11.6 Å². The van der Waals surface area contributed by atoms with Crippen LogP contribution >= 0.6 is 11.6 Å². The molecule has 0 amide bonds. The number of benzene rings is 2. The van der Waals surface area contributed by atoms with Crippen molar-refractivity contribution in [1.29, 1.82) is 0 Å². The lowest BCUT2D eigenvalue weighted by Gasteiger charge is -2.14. The van der Waals surface area contributed by atoms with Crippen LogP contribution < -0.4 is 10.5 Å². The quantitative estimate of drug-likeness (QED) is 0.504. The van der Waals surface area contributed by atoms with Crippen LogP contribution in [0.25, 0.3) is 0 Å². The molecule has 2 aromatic carbocycles. The lowest BCUT2D eigenvalue weighted by Crippen LogP contribution is -2.08. The Bertz CT molecular complexity index is 735. The van der Waals surface area contributed by atoms with E-state index >= 15 is 0 Å². The minimum Gasteiger partial charge on any atom is -0.455 e. The van der Waals surface area contributed by atoms with Gasteiger partial charge in [-0.25, -0.2) is 0 Å². The summed E-state index contributed by atoms with van der Waals surface area (Å²) in [5, 5.41) is 10.8. The van der Waals surface area contributed by atoms with Crippen LogP contribution in [-0.2, 0) is 6.18 Å². The molecule has 0 aromatic heterocycles. The van der Waals surface area contributed by atoms with Gasteiger partial charge >= 0.3 is 6.18 Å². The van der Waals surface area contributed by atoms with Gasteiger partial charge < -0.3 is 10.5 Å². The van der Waals surface area contributed by atoms with E-state index in [-0.39, 0.29) is 16.5 Å². The molecule has 5 nitrogen and oxygen atoms in total. The second-order valence-corrected chi connectivity index (χ2v) is 4.66. The van der Waals surface area contributed by atoms with Crippen molar-refractivity contribution < 1.29 is 22.8 Å². The smallest absolute Gasteiger partial charge is 0.420 e. The fraction of sp³-hybridized carbons (Fsp3) is 0.0769. The molecule has 22 heavy (non-hydrogen) atoms. The normalized spacial score (nSPS) is 11.3. The van der Waals surface area contributed by atoms with E-state index in [1.54, 1.807) is 0 Å². The molecule has 0 aliphatic heterocycles. The van der Waals surface area contributed by atoms with Crippen molar-refractivity contribution in [3.63, 3.8) is 0 Å². The van der Waals surface area contributed by atoms with Crippen molar-refractivity contribution in [2.45, 2.75) is 6.18 Å². The number of rotatable bonds is 3. The summed E-state index contributed by atoms with van der Waals surface area (Å²) in [6.07, 6.45) is -4.82. The third-order valence-electron chi connectivity index (χ3n) is 2.67. The summed E-state index contributed by atoms with van der Waals surface area (Å²) >= 11 is 5.73. The maximum absolute atomic E-state index is 13.0. The Balaban J connectivity index is 2.50. The van der Waals surface area contributed by atoms with Gasteiger partial charge in [0.2, 0.25) is 0 Å². The molecular weight excluding hydrogens is 325 g/mol. The second kappa shape index (κ2) is 5.72. The van der Waals surface area contributed by atoms with Crippen LogP contribution in [0.5, 0.6) is 11.5 Å². The third kappa shape index (κ3) is 3.40. The van der Waals surface area contributed by atoms with Crippen LogP contribution in [0.2, 0.25) is 5.02 Å². The zero-order valence-corrected chi connectivity index (χ0v) is 11.5. The number of nitrogen functional groups attached to an aromatic ring is 1. The van der Waals surface area contributed by atoms with Crippen LogP contribution in [0, 0.1) is 10.1 Å². The van der Waals surface area contributed by atoms with Crippen LogP contribution in [0.3, 0.4) is 0 Å². The van der Waals surface area contributed by atoms with E-state index in [1.165, 1.54) is 18.2 Å². The second-order valence-electron chi connectivity index (χ2n) is 4.22. The van der Waals surface area contributed by atoms with E-state index in [4.69, 9.17) is 22.1 Å². The van der Waals surface area contributed by atoms with Crippen molar-refractivity contribution in [3.8, 4) is 11.5 Å². The highest BCUT2D eigenvalue weighted by Crippen LogP contribution is 2.41. The SMILES string of the molecule is Nc1ccc(Cl)cc1Oc1ccc([N+](=O)[O-])cc1C(F)(F)F. The molecular formula is C13H8ClF3N2O3. The molecule has 0 spiro atoms. The number of nitro benzene ring substituents is 1. The minimum absolute atomic E-state index is 0.0770. The Kier molecular flexibility index (Phi) is 4.14. The maximum atomic E-state index is 13.0. The predicted octanol–water partition coefficient (Wildman–Crippen LogP) is 4.64. The van der Waals surface area contributed by atoms with E-state index < -0.39 is 28.1 Å². The van der Waals surface area contributed by atoms with Gasteiger partial charge in [-0.3, -0.25) is 10.1 Å². The average molecular weight is 333 g/mol. The molecule has 0 aliphatic rings. The van der Waals surface area contributed by atoms with Gasteiger partial charge in [0, 0.05) is 23.2 Å². The number of nitro groups is 1. The molecule has 0 saturated heterocycles. The number of non-ortho nitro benzene ring substituents is 1.